The minimum atomic E-state index is -2.84. The molecule has 0 heterocycles. The van der Waals surface area contributed by atoms with Gasteiger partial charge in [-0.3, -0.25) is 0 Å². The van der Waals surface area contributed by atoms with Crippen LogP contribution in [0.4, 0.5) is 8.78 Å². The Balaban J connectivity index is 2.60. The van der Waals surface area contributed by atoms with Crippen LogP contribution in [0.2, 0.25) is 0 Å². The topological polar surface area (TPSA) is 12.0 Å². The van der Waals surface area contributed by atoms with Crippen LogP contribution in [0.15, 0.2) is 42.5 Å². The number of hydrogen-bond acceptors (Lipinski definition) is 1. The van der Waals surface area contributed by atoms with Crippen molar-refractivity contribution in [2.75, 3.05) is 13.6 Å². The van der Waals surface area contributed by atoms with Gasteiger partial charge in [-0.2, -0.15) is 8.78 Å². The molecule has 0 unspecified atom stereocenters. The van der Waals surface area contributed by atoms with Crippen molar-refractivity contribution in [2.45, 2.75) is 5.92 Å². The van der Waals surface area contributed by atoms with Crippen molar-refractivity contribution in [3.63, 3.8) is 0 Å². The molecule has 0 aliphatic heterocycles. The van der Waals surface area contributed by atoms with E-state index in [0.29, 0.717) is 5.39 Å². The van der Waals surface area contributed by atoms with E-state index in [4.69, 9.17) is 0 Å². The summed E-state index contributed by atoms with van der Waals surface area (Å²) in [6, 6.07) is 12.2. The van der Waals surface area contributed by atoms with Gasteiger partial charge in [0.25, 0.3) is 5.92 Å². The summed E-state index contributed by atoms with van der Waals surface area (Å²) in [4.78, 5) is 0. The van der Waals surface area contributed by atoms with Gasteiger partial charge in [-0.25, -0.2) is 0 Å². The van der Waals surface area contributed by atoms with Crippen LogP contribution in [0.5, 0.6) is 0 Å². The average molecular weight is 221 g/mol. The lowest BCUT2D eigenvalue weighted by Gasteiger charge is -2.18. The summed E-state index contributed by atoms with van der Waals surface area (Å²) in [6.45, 7) is -0.346. The van der Waals surface area contributed by atoms with Crippen molar-refractivity contribution < 1.29 is 8.78 Å². The lowest BCUT2D eigenvalue weighted by molar-refractivity contribution is 0.000307. The Morgan fingerprint density at radius 2 is 1.75 bits per heavy atom. The fraction of sp³-hybridized carbons (Fsp3) is 0.231. The van der Waals surface area contributed by atoms with E-state index in [1.54, 1.807) is 18.2 Å². The van der Waals surface area contributed by atoms with Crippen LogP contribution in [0.1, 0.15) is 5.56 Å². The van der Waals surface area contributed by atoms with Crippen LogP contribution in [0.25, 0.3) is 10.8 Å². The summed E-state index contributed by atoms with van der Waals surface area (Å²) < 4.78 is 27.6. The molecule has 84 valence electrons. The summed E-state index contributed by atoms with van der Waals surface area (Å²) in [7, 11) is 1.53. The first kappa shape index (κ1) is 11.0. The zero-order chi connectivity index (χ0) is 11.6. The molecule has 16 heavy (non-hydrogen) atoms. The Kier molecular flexibility index (Phi) is 2.88. The Bertz CT molecular complexity index is 489. The molecule has 0 saturated heterocycles. The number of rotatable bonds is 3. The van der Waals surface area contributed by atoms with E-state index in [9.17, 15) is 8.78 Å². The number of benzene rings is 2. The molecule has 2 aromatic rings. The van der Waals surface area contributed by atoms with Crippen molar-refractivity contribution in [3.05, 3.63) is 48.0 Å². The normalized spacial score (nSPS) is 11.9. The highest BCUT2D eigenvalue weighted by molar-refractivity contribution is 5.86. The van der Waals surface area contributed by atoms with Crippen LogP contribution in [0, 0.1) is 0 Å². The van der Waals surface area contributed by atoms with Gasteiger partial charge in [0.05, 0.1) is 6.54 Å². The van der Waals surface area contributed by atoms with Crippen LogP contribution >= 0.6 is 0 Å². The molecule has 0 spiro atoms. The predicted octanol–water partition coefficient (Wildman–Crippen LogP) is 3.15. The van der Waals surface area contributed by atoms with Gasteiger partial charge >= 0.3 is 0 Å². The molecule has 0 radical (unpaired) electrons. The number of halogens is 2. The smallest absolute Gasteiger partial charge is 0.285 e. The fourth-order valence-corrected chi connectivity index (χ4v) is 1.86. The fourth-order valence-electron chi connectivity index (χ4n) is 1.86. The summed E-state index contributed by atoms with van der Waals surface area (Å²) in [5.74, 6) is -2.84. The van der Waals surface area contributed by atoms with E-state index in [1.807, 2.05) is 18.2 Å². The maximum atomic E-state index is 13.8. The number of nitrogens with one attached hydrogen (secondary N) is 1. The van der Waals surface area contributed by atoms with Crippen molar-refractivity contribution in [3.8, 4) is 0 Å². The minimum Gasteiger partial charge on any atom is -0.314 e. The van der Waals surface area contributed by atoms with E-state index in [-0.39, 0.29) is 12.1 Å². The van der Waals surface area contributed by atoms with Crippen LogP contribution < -0.4 is 5.32 Å². The zero-order valence-corrected chi connectivity index (χ0v) is 9.00. The minimum absolute atomic E-state index is 0.0833. The van der Waals surface area contributed by atoms with Gasteiger partial charge in [0.1, 0.15) is 0 Å². The first-order valence-electron chi connectivity index (χ1n) is 5.16. The SMILES string of the molecule is CNCC(F)(F)c1cccc2ccccc12. The quantitative estimate of drug-likeness (QED) is 0.839. The molecule has 0 bridgehead atoms. The number of fused-ring (bicyclic) bond motifs is 1. The third-order valence-corrected chi connectivity index (χ3v) is 2.58. The second-order valence-corrected chi connectivity index (χ2v) is 3.76. The first-order chi connectivity index (χ1) is 7.65. The molecule has 1 nitrogen and oxygen atoms in total. The third kappa shape index (κ3) is 1.91. The van der Waals surface area contributed by atoms with Gasteiger partial charge in [-0.15, -0.1) is 0 Å². The molecule has 0 aliphatic carbocycles. The molecule has 2 rings (SSSR count). The molecule has 0 atom stereocenters. The summed E-state index contributed by atoms with van der Waals surface area (Å²) in [5.41, 5.74) is 0.0833. The Hall–Kier alpha value is -1.48. The first-order valence-corrected chi connectivity index (χ1v) is 5.16. The second-order valence-electron chi connectivity index (χ2n) is 3.76. The van der Waals surface area contributed by atoms with Crippen LogP contribution in [-0.2, 0) is 5.92 Å². The lowest BCUT2D eigenvalue weighted by atomic mass is 10.00. The molecule has 0 saturated carbocycles. The average Bonchev–Trinajstić information content (AvgIpc) is 2.28. The third-order valence-electron chi connectivity index (χ3n) is 2.58. The summed E-state index contributed by atoms with van der Waals surface area (Å²) >= 11 is 0. The van der Waals surface area contributed by atoms with Crippen molar-refractivity contribution in [1.29, 1.82) is 0 Å². The molecular weight excluding hydrogens is 208 g/mol. The highest BCUT2D eigenvalue weighted by atomic mass is 19.3. The summed E-state index contributed by atoms with van der Waals surface area (Å²) in [6.07, 6.45) is 0. The number of likely N-dealkylation sites (N-methyl/N-ethyl adjacent to an activating group) is 1. The number of alkyl halides is 2. The molecule has 0 amide bonds. The van der Waals surface area contributed by atoms with E-state index < -0.39 is 5.92 Å². The maximum absolute atomic E-state index is 13.8. The molecular formula is C13H13F2N. The highest BCUT2D eigenvalue weighted by Crippen LogP contribution is 2.32. The Labute approximate surface area is 93.1 Å². The molecule has 0 fully saturated rings. The van der Waals surface area contributed by atoms with Gasteiger partial charge in [0, 0.05) is 5.56 Å². The molecule has 2 aromatic carbocycles. The van der Waals surface area contributed by atoms with Crippen molar-refractivity contribution >= 4 is 10.8 Å². The monoisotopic (exact) mass is 221 g/mol. The summed E-state index contributed by atoms with van der Waals surface area (Å²) in [5, 5.41) is 3.98. The Morgan fingerprint density at radius 3 is 2.50 bits per heavy atom. The standard InChI is InChI=1S/C13H13F2N/c1-16-9-13(14,15)12-8-4-6-10-5-2-3-7-11(10)12/h2-8,16H,9H2,1H3. The van der Waals surface area contributed by atoms with Gasteiger partial charge in [-0.05, 0) is 17.8 Å². The lowest BCUT2D eigenvalue weighted by Crippen LogP contribution is -2.28. The molecule has 0 aliphatic rings. The molecule has 3 heteroatoms. The largest absolute Gasteiger partial charge is 0.314 e. The van der Waals surface area contributed by atoms with Gasteiger partial charge in [-0.1, -0.05) is 42.5 Å². The van der Waals surface area contributed by atoms with E-state index >= 15 is 0 Å². The van der Waals surface area contributed by atoms with Gasteiger partial charge in [0.2, 0.25) is 0 Å². The molecule has 0 aromatic heterocycles. The number of hydrogen-bond donors (Lipinski definition) is 1. The van der Waals surface area contributed by atoms with E-state index in [0.717, 1.165) is 5.39 Å². The Morgan fingerprint density at radius 1 is 1.06 bits per heavy atom. The maximum Gasteiger partial charge on any atom is 0.285 e. The zero-order valence-electron chi connectivity index (χ0n) is 9.00. The van der Waals surface area contributed by atoms with Crippen molar-refractivity contribution in [1.82, 2.24) is 5.32 Å². The van der Waals surface area contributed by atoms with Crippen molar-refractivity contribution in [2.24, 2.45) is 0 Å². The predicted molar refractivity (Wildman–Crippen MR) is 61.8 cm³/mol. The van der Waals surface area contributed by atoms with E-state index in [1.165, 1.54) is 13.1 Å². The highest BCUT2D eigenvalue weighted by Gasteiger charge is 2.31. The van der Waals surface area contributed by atoms with Crippen LogP contribution in [-0.4, -0.2) is 13.6 Å². The van der Waals surface area contributed by atoms with E-state index in [2.05, 4.69) is 5.32 Å². The second kappa shape index (κ2) is 4.18. The van der Waals surface area contributed by atoms with Gasteiger partial charge in [0.15, 0.2) is 0 Å². The van der Waals surface area contributed by atoms with Gasteiger partial charge < -0.3 is 5.32 Å². The molecule has 1 N–H and O–H groups in total. The van der Waals surface area contributed by atoms with Crippen LogP contribution in [0.3, 0.4) is 0 Å².